The van der Waals surface area contributed by atoms with Crippen molar-refractivity contribution in [2.24, 2.45) is 5.41 Å². The van der Waals surface area contributed by atoms with E-state index in [0.29, 0.717) is 44.5 Å². The number of aliphatic hydroxyl groups is 1. The number of anilines is 1. The maximum Gasteiger partial charge on any atom is 0.573 e. The van der Waals surface area contributed by atoms with Crippen LogP contribution in [0, 0.1) is 5.41 Å². The molecule has 3 atom stereocenters. The van der Waals surface area contributed by atoms with Crippen LogP contribution in [0.1, 0.15) is 32.6 Å². The summed E-state index contributed by atoms with van der Waals surface area (Å²) in [5.41, 5.74) is -0.0271. The van der Waals surface area contributed by atoms with Gasteiger partial charge in [-0.3, -0.25) is 4.79 Å². The van der Waals surface area contributed by atoms with Crippen molar-refractivity contribution >= 4 is 11.6 Å². The van der Waals surface area contributed by atoms with E-state index >= 15 is 0 Å². The third-order valence-electron chi connectivity index (χ3n) is 5.22. The van der Waals surface area contributed by atoms with Crippen LogP contribution in [0.2, 0.25) is 0 Å². The number of carbonyl (C=O) groups excluding carboxylic acids is 1. The van der Waals surface area contributed by atoms with E-state index in [1.165, 1.54) is 24.3 Å². The van der Waals surface area contributed by atoms with Crippen LogP contribution >= 0.6 is 0 Å². The number of carbonyl (C=O) groups is 1. The number of aliphatic hydroxyl groups excluding tert-OH is 1. The van der Waals surface area contributed by atoms with Gasteiger partial charge in [-0.15, -0.1) is 13.2 Å². The van der Waals surface area contributed by atoms with Gasteiger partial charge < -0.3 is 19.5 Å². The highest BCUT2D eigenvalue weighted by Crippen LogP contribution is 2.47. The average Bonchev–Trinajstić information content (AvgIpc) is 2.88. The van der Waals surface area contributed by atoms with E-state index < -0.39 is 17.9 Å². The molecule has 1 aromatic rings. The molecule has 26 heavy (non-hydrogen) atoms. The Balaban J connectivity index is 1.73. The van der Waals surface area contributed by atoms with Crippen molar-refractivity contribution in [3.8, 4) is 5.75 Å². The Morgan fingerprint density at radius 1 is 1.27 bits per heavy atom. The fourth-order valence-electron chi connectivity index (χ4n) is 3.93. The van der Waals surface area contributed by atoms with Crippen LogP contribution in [0.4, 0.5) is 18.9 Å². The van der Waals surface area contributed by atoms with Crippen LogP contribution in [0.5, 0.6) is 5.75 Å². The molecule has 0 radical (unpaired) electrons. The molecular formula is C18H22F3NO4. The Bertz CT molecular complexity index is 649. The average molecular weight is 373 g/mol. The van der Waals surface area contributed by atoms with Gasteiger partial charge in [0.2, 0.25) is 5.91 Å². The van der Waals surface area contributed by atoms with Crippen LogP contribution < -0.4 is 9.64 Å². The summed E-state index contributed by atoms with van der Waals surface area (Å²) < 4.78 is 46.2. The number of hydrogen-bond donors (Lipinski definition) is 1. The highest BCUT2D eigenvalue weighted by molar-refractivity contribution is 6.00. The molecule has 1 aliphatic carbocycles. The van der Waals surface area contributed by atoms with Gasteiger partial charge >= 0.3 is 6.36 Å². The van der Waals surface area contributed by atoms with Crippen molar-refractivity contribution in [1.82, 2.24) is 0 Å². The predicted octanol–water partition coefficient (Wildman–Crippen LogP) is 3.26. The first-order valence-corrected chi connectivity index (χ1v) is 8.71. The van der Waals surface area contributed by atoms with Gasteiger partial charge in [-0.25, -0.2) is 0 Å². The van der Waals surface area contributed by atoms with E-state index in [0.717, 1.165) is 0 Å². The smallest absolute Gasteiger partial charge is 0.406 e. The van der Waals surface area contributed by atoms with Crippen molar-refractivity contribution < 1.29 is 32.5 Å². The second-order valence-corrected chi connectivity index (χ2v) is 6.83. The number of ether oxygens (including phenoxy) is 2. The molecule has 0 aromatic heterocycles. The molecule has 144 valence electrons. The van der Waals surface area contributed by atoms with E-state index in [9.17, 15) is 23.1 Å². The fraction of sp³-hybridized carbons (Fsp3) is 0.611. The first-order valence-electron chi connectivity index (χ1n) is 8.71. The second kappa shape index (κ2) is 7.08. The van der Waals surface area contributed by atoms with Gasteiger partial charge in [0.15, 0.2) is 0 Å². The molecule has 1 N–H and O–H groups in total. The summed E-state index contributed by atoms with van der Waals surface area (Å²) in [7, 11) is 0. The SMILES string of the molecule is CCOC1CC2(CCC1O)CCN(c1ccc(OC(F)(F)F)cc1)C2=O. The fourth-order valence-corrected chi connectivity index (χ4v) is 3.93. The molecule has 1 aromatic carbocycles. The van der Waals surface area contributed by atoms with Gasteiger partial charge in [0.1, 0.15) is 5.75 Å². The largest absolute Gasteiger partial charge is 0.573 e. The zero-order valence-electron chi connectivity index (χ0n) is 14.5. The second-order valence-electron chi connectivity index (χ2n) is 6.83. The highest BCUT2D eigenvalue weighted by Gasteiger charge is 2.51. The highest BCUT2D eigenvalue weighted by atomic mass is 19.4. The number of alkyl halides is 3. The lowest BCUT2D eigenvalue weighted by Crippen LogP contribution is -2.46. The van der Waals surface area contributed by atoms with Crippen LogP contribution in [-0.2, 0) is 9.53 Å². The molecular weight excluding hydrogens is 351 g/mol. The molecule has 8 heteroatoms. The number of hydrogen-bond acceptors (Lipinski definition) is 4. The minimum atomic E-state index is -4.74. The van der Waals surface area contributed by atoms with E-state index in [1.54, 1.807) is 4.90 Å². The summed E-state index contributed by atoms with van der Waals surface area (Å²) in [4.78, 5) is 14.6. The zero-order valence-corrected chi connectivity index (χ0v) is 14.5. The summed E-state index contributed by atoms with van der Waals surface area (Å²) in [6.07, 6.45) is -3.48. The Hall–Kier alpha value is -1.80. The summed E-state index contributed by atoms with van der Waals surface area (Å²) in [5, 5.41) is 10.1. The van der Waals surface area contributed by atoms with E-state index in [1.807, 2.05) is 6.92 Å². The number of rotatable bonds is 4. The van der Waals surface area contributed by atoms with Crippen molar-refractivity contribution in [3.05, 3.63) is 24.3 Å². The third-order valence-corrected chi connectivity index (χ3v) is 5.22. The lowest BCUT2D eigenvalue weighted by atomic mass is 9.70. The quantitative estimate of drug-likeness (QED) is 0.880. The van der Waals surface area contributed by atoms with Crippen molar-refractivity contribution in [3.63, 3.8) is 0 Å². The summed E-state index contributed by atoms with van der Waals surface area (Å²) in [5.74, 6) is -0.376. The molecule has 3 unspecified atom stereocenters. The Morgan fingerprint density at radius 2 is 1.96 bits per heavy atom. The van der Waals surface area contributed by atoms with E-state index in [-0.39, 0.29) is 17.8 Å². The van der Waals surface area contributed by atoms with Crippen molar-refractivity contribution in [1.29, 1.82) is 0 Å². The summed E-state index contributed by atoms with van der Waals surface area (Å²) in [6.45, 7) is 2.81. The van der Waals surface area contributed by atoms with Crippen LogP contribution in [0.3, 0.4) is 0 Å². The van der Waals surface area contributed by atoms with Crippen LogP contribution in [-0.4, -0.2) is 42.7 Å². The normalized spacial score (nSPS) is 29.4. The number of benzene rings is 1. The van der Waals surface area contributed by atoms with Crippen LogP contribution in [0.15, 0.2) is 24.3 Å². The molecule has 3 rings (SSSR count). The molecule has 0 bridgehead atoms. The van der Waals surface area contributed by atoms with Gasteiger partial charge in [-0.1, -0.05) is 0 Å². The molecule has 1 saturated carbocycles. The van der Waals surface area contributed by atoms with E-state index in [4.69, 9.17) is 4.74 Å². The molecule has 5 nitrogen and oxygen atoms in total. The maximum absolute atomic E-state index is 13.0. The van der Waals surface area contributed by atoms with Crippen LogP contribution in [0.25, 0.3) is 0 Å². The predicted molar refractivity (Wildman–Crippen MR) is 87.8 cm³/mol. The molecule has 2 aliphatic rings. The first kappa shape index (κ1) is 19.0. The topological polar surface area (TPSA) is 59.0 Å². The lowest BCUT2D eigenvalue weighted by Gasteiger charge is -2.39. The minimum absolute atomic E-state index is 0.0569. The van der Waals surface area contributed by atoms with E-state index in [2.05, 4.69) is 4.74 Å². The maximum atomic E-state index is 13.0. The molecule has 1 heterocycles. The molecule has 2 fully saturated rings. The van der Waals surface area contributed by atoms with Gasteiger partial charge in [0, 0.05) is 18.8 Å². The number of amides is 1. The lowest BCUT2D eigenvalue weighted by molar-refractivity contribution is -0.274. The van der Waals surface area contributed by atoms with Gasteiger partial charge in [-0.05, 0) is 56.9 Å². The van der Waals surface area contributed by atoms with Gasteiger partial charge in [0.05, 0.1) is 17.6 Å². The Morgan fingerprint density at radius 3 is 2.58 bits per heavy atom. The third kappa shape index (κ3) is 3.81. The summed E-state index contributed by atoms with van der Waals surface area (Å²) in [6, 6.07) is 5.31. The standard InChI is InChI=1S/C18H22F3NO4/c1-2-25-15-11-17(8-7-14(15)23)9-10-22(16(17)24)12-3-5-13(6-4-12)26-18(19,20)21/h3-6,14-15,23H,2,7-11H2,1H3. The van der Waals surface area contributed by atoms with Gasteiger partial charge in [-0.2, -0.15) is 0 Å². The molecule has 1 saturated heterocycles. The minimum Gasteiger partial charge on any atom is -0.406 e. The first-order chi connectivity index (χ1) is 12.2. The Kier molecular flexibility index (Phi) is 5.16. The van der Waals surface area contributed by atoms with Crippen molar-refractivity contribution in [2.45, 2.75) is 51.2 Å². The Labute approximate surface area is 149 Å². The van der Waals surface area contributed by atoms with Crippen molar-refractivity contribution in [2.75, 3.05) is 18.1 Å². The number of halogens is 3. The summed E-state index contributed by atoms with van der Waals surface area (Å²) >= 11 is 0. The zero-order chi connectivity index (χ0) is 18.9. The molecule has 1 spiro atoms. The molecule has 1 amide bonds. The molecule has 1 aliphatic heterocycles. The monoisotopic (exact) mass is 373 g/mol. The number of nitrogens with zero attached hydrogens (tertiary/aromatic N) is 1. The van der Waals surface area contributed by atoms with Gasteiger partial charge in [0.25, 0.3) is 0 Å².